The molecule has 1 atom stereocenters. The first-order chi connectivity index (χ1) is 14.9. The first kappa shape index (κ1) is 21.5. The quantitative estimate of drug-likeness (QED) is 0.635. The van der Waals surface area contributed by atoms with Crippen molar-refractivity contribution in [2.75, 3.05) is 13.1 Å². The summed E-state index contributed by atoms with van der Waals surface area (Å²) in [4.78, 5) is 14.8. The molecule has 1 aliphatic rings. The van der Waals surface area contributed by atoms with Crippen molar-refractivity contribution in [3.63, 3.8) is 0 Å². The standard InChI is InChI=1S/C25H28N2O3S/c1-19(26-31(29,30)24-12-11-22-9-5-6-10-23(22)18-24)25(28)27-15-13-21(14-16-27)17-20-7-3-2-4-8-20/h2-12,18-19,21,26H,13-17H2,1H3/t19-/m1/s1. The lowest BCUT2D eigenvalue weighted by molar-refractivity contribution is -0.133. The van der Waals surface area contributed by atoms with E-state index in [-0.39, 0.29) is 10.8 Å². The van der Waals surface area contributed by atoms with E-state index >= 15 is 0 Å². The van der Waals surface area contributed by atoms with Crippen molar-refractivity contribution in [3.8, 4) is 0 Å². The summed E-state index contributed by atoms with van der Waals surface area (Å²) in [5.41, 5.74) is 1.32. The van der Waals surface area contributed by atoms with Crippen LogP contribution in [-0.4, -0.2) is 38.4 Å². The fourth-order valence-corrected chi connectivity index (χ4v) is 5.50. The minimum absolute atomic E-state index is 0.164. The van der Waals surface area contributed by atoms with Gasteiger partial charge in [-0.2, -0.15) is 4.72 Å². The third kappa shape index (κ3) is 5.14. The van der Waals surface area contributed by atoms with Crippen LogP contribution in [-0.2, 0) is 21.2 Å². The van der Waals surface area contributed by atoms with Gasteiger partial charge in [-0.15, -0.1) is 0 Å². The van der Waals surface area contributed by atoms with E-state index in [0.29, 0.717) is 19.0 Å². The number of fused-ring (bicyclic) bond motifs is 1. The van der Waals surface area contributed by atoms with Crippen molar-refractivity contribution < 1.29 is 13.2 Å². The lowest BCUT2D eigenvalue weighted by Crippen LogP contribution is -2.49. The molecule has 0 aliphatic carbocycles. The van der Waals surface area contributed by atoms with Crippen LogP contribution in [0.5, 0.6) is 0 Å². The third-order valence-corrected chi connectivity index (χ3v) is 7.57. The Morgan fingerprint density at radius 3 is 2.32 bits per heavy atom. The molecule has 0 aromatic heterocycles. The highest BCUT2D eigenvalue weighted by Gasteiger charge is 2.29. The van der Waals surface area contributed by atoms with Gasteiger partial charge in [0.25, 0.3) is 0 Å². The molecule has 1 N–H and O–H groups in total. The maximum atomic E-state index is 12.9. The van der Waals surface area contributed by atoms with Gasteiger partial charge >= 0.3 is 0 Å². The predicted molar refractivity (Wildman–Crippen MR) is 123 cm³/mol. The SMILES string of the molecule is C[C@@H](NS(=O)(=O)c1ccc2ccccc2c1)C(=O)N1CCC(Cc2ccccc2)CC1. The van der Waals surface area contributed by atoms with Gasteiger partial charge in [0.05, 0.1) is 10.9 Å². The smallest absolute Gasteiger partial charge is 0.241 e. The highest BCUT2D eigenvalue weighted by Crippen LogP contribution is 2.23. The van der Waals surface area contributed by atoms with Crippen LogP contribution in [0.3, 0.4) is 0 Å². The summed E-state index contributed by atoms with van der Waals surface area (Å²) in [6, 6.07) is 22.2. The minimum atomic E-state index is -3.78. The Balaban J connectivity index is 1.35. The molecule has 1 aliphatic heterocycles. The summed E-state index contributed by atoms with van der Waals surface area (Å²) in [5.74, 6) is 0.388. The molecule has 1 heterocycles. The van der Waals surface area contributed by atoms with E-state index in [1.807, 2.05) is 30.3 Å². The molecule has 3 aromatic rings. The number of piperidine rings is 1. The number of rotatable bonds is 6. The van der Waals surface area contributed by atoms with Crippen LogP contribution >= 0.6 is 0 Å². The van der Waals surface area contributed by atoms with E-state index in [1.54, 1.807) is 30.0 Å². The molecular formula is C25H28N2O3S. The molecule has 0 bridgehead atoms. The molecule has 0 radical (unpaired) electrons. The largest absolute Gasteiger partial charge is 0.341 e. The first-order valence-electron chi connectivity index (χ1n) is 10.8. The summed E-state index contributed by atoms with van der Waals surface area (Å²) in [6.45, 7) is 2.95. The highest BCUT2D eigenvalue weighted by atomic mass is 32.2. The Morgan fingerprint density at radius 2 is 1.61 bits per heavy atom. The summed E-state index contributed by atoms with van der Waals surface area (Å²) in [7, 11) is -3.78. The fourth-order valence-electron chi connectivity index (χ4n) is 4.26. The third-order valence-electron chi connectivity index (χ3n) is 6.03. The lowest BCUT2D eigenvalue weighted by atomic mass is 9.90. The van der Waals surface area contributed by atoms with Crippen LogP contribution in [0.4, 0.5) is 0 Å². The lowest BCUT2D eigenvalue weighted by Gasteiger charge is -2.33. The zero-order valence-corrected chi connectivity index (χ0v) is 18.5. The first-order valence-corrected chi connectivity index (χ1v) is 12.2. The van der Waals surface area contributed by atoms with E-state index in [9.17, 15) is 13.2 Å². The molecule has 162 valence electrons. The number of benzene rings is 3. The molecule has 3 aromatic carbocycles. The van der Waals surface area contributed by atoms with Crippen LogP contribution in [0.1, 0.15) is 25.3 Å². The van der Waals surface area contributed by atoms with Crippen molar-refractivity contribution in [1.82, 2.24) is 9.62 Å². The highest BCUT2D eigenvalue weighted by molar-refractivity contribution is 7.89. The Labute approximate surface area is 184 Å². The normalized spacial score (nSPS) is 16.4. The van der Waals surface area contributed by atoms with Crippen molar-refractivity contribution in [2.45, 2.75) is 37.1 Å². The predicted octanol–water partition coefficient (Wildman–Crippen LogP) is 3.99. The van der Waals surface area contributed by atoms with Crippen molar-refractivity contribution in [1.29, 1.82) is 0 Å². The van der Waals surface area contributed by atoms with Gasteiger partial charge in [-0.05, 0) is 60.6 Å². The number of amides is 1. The minimum Gasteiger partial charge on any atom is -0.341 e. The van der Waals surface area contributed by atoms with Crippen molar-refractivity contribution in [3.05, 3.63) is 78.4 Å². The maximum Gasteiger partial charge on any atom is 0.241 e. The number of likely N-dealkylation sites (tertiary alicyclic amines) is 1. The molecule has 31 heavy (non-hydrogen) atoms. The summed E-state index contributed by atoms with van der Waals surface area (Å²) >= 11 is 0. The second kappa shape index (κ2) is 9.20. The zero-order valence-electron chi connectivity index (χ0n) is 17.7. The van der Waals surface area contributed by atoms with Crippen LogP contribution in [0, 0.1) is 5.92 Å². The number of nitrogens with zero attached hydrogens (tertiary/aromatic N) is 1. The zero-order chi connectivity index (χ0) is 21.8. The number of nitrogens with one attached hydrogen (secondary N) is 1. The van der Waals surface area contributed by atoms with Gasteiger partial charge in [-0.1, -0.05) is 60.7 Å². The molecular weight excluding hydrogens is 408 g/mol. The molecule has 0 saturated carbocycles. The molecule has 1 amide bonds. The van der Waals surface area contributed by atoms with E-state index < -0.39 is 16.1 Å². The topological polar surface area (TPSA) is 66.5 Å². The molecule has 0 spiro atoms. The van der Waals surface area contributed by atoms with Crippen LogP contribution in [0.2, 0.25) is 0 Å². The Morgan fingerprint density at radius 1 is 0.968 bits per heavy atom. The summed E-state index contributed by atoms with van der Waals surface area (Å²) in [5, 5.41) is 1.83. The molecule has 0 unspecified atom stereocenters. The van der Waals surface area contributed by atoms with E-state index in [0.717, 1.165) is 30.0 Å². The van der Waals surface area contributed by atoms with Gasteiger partial charge in [0.15, 0.2) is 0 Å². The van der Waals surface area contributed by atoms with Gasteiger partial charge in [0.1, 0.15) is 0 Å². The van der Waals surface area contributed by atoms with Gasteiger partial charge in [-0.3, -0.25) is 4.79 Å². The average Bonchev–Trinajstić information content (AvgIpc) is 2.79. The van der Waals surface area contributed by atoms with Gasteiger partial charge in [0.2, 0.25) is 15.9 Å². The molecule has 4 rings (SSSR count). The van der Waals surface area contributed by atoms with Crippen LogP contribution in [0.25, 0.3) is 10.8 Å². The van der Waals surface area contributed by atoms with Gasteiger partial charge < -0.3 is 4.90 Å². The number of carbonyl (C=O) groups excluding carboxylic acids is 1. The summed E-state index contributed by atoms with van der Waals surface area (Å²) < 4.78 is 28.3. The molecule has 1 saturated heterocycles. The maximum absolute atomic E-state index is 12.9. The second-order valence-corrected chi connectivity index (χ2v) is 10.0. The van der Waals surface area contributed by atoms with Crippen LogP contribution < -0.4 is 4.72 Å². The fraction of sp³-hybridized carbons (Fsp3) is 0.320. The Kier molecular flexibility index (Phi) is 6.39. The number of hydrogen-bond acceptors (Lipinski definition) is 3. The van der Waals surface area contributed by atoms with E-state index in [1.165, 1.54) is 5.56 Å². The van der Waals surface area contributed by atoms with Gasteiger partial charge in [0, 0.05) is 13.1 Å². The monoisotopic (exact) mass is 436 g/mol. The molecule has 5 nitrogen and oxygen atoms in total. The Bertz CT molecular complexity index is 1150. The molecule has 6 heteroatoms. The van der Waals surface area contributed by atoms with Crippen molar-refractivity contribution >= 4 is 26.7 Å². The molecule has 1 fully saturated rings. The number of hydrogen-bond donors (Lipinski definition) is 1. The number of sulfonamides is 1. The van der Waals surface area contributed by atoms with Crippen molar-refractivity contribution in [2.24, 2.45) is 5.92 Å². The van der Waals surface area contributed by atoms with E-state index in [4.69, 9.17) is 0 Å². The second-order valence-electron chi connectivity index (χ2n) is 8.31. The van der Waals surface area contributed by atoms with Gasteiger partial charge in [-0.25, -0.2) is 8.42 Å². The van der Waals surface area contributed by atoms with Crippen LogP contribution in [0.15, 0.2) is 77.7 Å². The summed E-state index contributed by atoms with van der Waals surface area (Å²) in [6.07, 6.45) is 2.89. The van der Waals surface area contributed by atoms with E-state index in [2.05, 4.69) is 29.0 Å². The number of carbonyl (C=O) groups is 1. The Hall–Kier alpha value is -2.70. The average molecular weight is 437 g/mol.